The fourth-order valence-electron chi connectivity index (χ4n) is 0.637. The van der Waals surface area contributed by atoms with Crippen molar-refractivity contribution >= 4 is 33.2 Å². The Hall–Kier alpha value is -0.550. The summed E-state index contributed by atoms with van der Waals surface area (Å²) in [5, 5.41) is 8.24. The van der Waals surface area contributed by atoms with Gasteiger partial charge in [-0.25, -0.2) is 8.78 Å². The van der Waals surface area contributed by atoms with Crippen molar-refractivity contribution in [3.63, 3.8) is 0 Å². The summed E-state index contributed by atoms with van der Waals surface area (Å²) in [5.41, 5.74) is 4.47. The Balaban J connectivity index is 3.60. The zero-order valence-corrected chi connectivity index (χ0v) is 7.88. The van der Waals surface area contributed by atoms with E-state index in [2.05, 4.69) is 15.9 Å². The lowest BCUT2D eigenvalue weighted by Gasteiger charge is -2.05. The Morgan fingerprint density at radius 3 is 2.33 bits per heavy atom. The fourth-order valence-corrected chi connectivity index (χ4v) is 1.36. The average Bonchev–Trinajstić information content (AvgIpc) is 2.08. The first-order valence-electron chi connectivity index (χ1n) is 2.77. The van der Waals surface area contributed by atoms with Crippen molar-refractivity contribution in [3.05, 3.63) is 21.1 Å². The molecule has 0 fully saturated rings. The van der Waals surface area contributed by atoms with Crippen molar-refractivity contribution in [3.8, 4) is 5.75 Å². The molecule has 2 nitrogen and oxygen atoms in total. The van der Waals surface area contributed by atoms with E-state index in [4.69, 9.17) is 22.4 Å². The lowest BCUT2D eigenvalue weighted by atomic mass is 10.3. The molecule has 0 bridgehead atoms. The van der Waals surface area contributed by atoms with Crippen molar-refractivity contribution < 1.29 is 13.9 Å². The summed E-state index contributed by atoms with van der Waals surface area (Å²) in [7, 11) is 0. The molecule has 0 unspecified atom stereocenters. The van der Waals surface area contributed by atoms with Gasteiger partial charge < -0.3 is 10.8 Å². The largest absolute Gasteiger partial charge is 0.504 e. The molecule has 6 heteroatoms. The first kappa shape index (κ1) is 9.54. The SMILES string of the molecule is Nc1c(O)c(Br)c(F)c(Cl)c1F. The van der Waals surface area contributed by atoms with Crippen LogP contribution in [0.5, 0.6) is 5.75 Å². The van der Waals surface area contributed by atoms with E-state index in [0.29, 0.717) is 0 Å². The number of rotatable bonds is 0. The number of nitrogens with two attached hydrogens (primary N) is 1. The summed E-state index contributed by atoms with van der Waals surface area (Å²) >= 11 is 7.85. The highest BCUT2D eigenvalue weighted by molar-refractivity contribution is 9.10. The van der Waals surface area contributed by atoms with Crippen LogP contribution in [0.1, 0.15) is 0 Å². The molecule has 0 aromatic heterocycles. The summed E-state index contributed by atoms with van der Waals surface area (Å²) in [5.74, 6) is -2.91. The van der Waals surface area contributed by atoms with E-state index in [-0.39, 0.29) is 4.47 Å². The van der Waals surface area contributed by atoms with Gasteiger partial charge in [0.05, 0.1) is 4.47 Å². The Kier molecular flexibility index (Phi) is 2.44. The molecule has 0 atom stereocenters. The van der Waals surface area contributed by atoms with Crippen LogP contribution >= 0.6 is 27.5 Å². The van der Waals surface area contributed by atoms with E-state index in [0.717, 1.165) is 0 Å². The van der Waals surface area contributed by atoms with Gasteiger partial charge in [0, 0.05) is 0 Å². The van der Waals surface area contributed by atoms with Crippen LogP contribution in [-0.4, -0.2) is 5.11 Å². The van der Waals surface area contributed by atoms with Crippen molar-refractivity contribution in [2.75, 3.05) is 5.73 Å². The van der Waals surface area contributed by atoms with Crippen molar-refractivity contribution in [2.45, 2.75) is 0 Å². The molecule has 0 heterocycles. The quantitative estimate of drug-likeness (QED) is 0.325. The molecule has 1 rings (SSSR count). The van der Waals surface area contributed by atoms with Gasteiger partial charge >= 0.3 is 0 Å². The van der Waals surface area contributed by atoms with Crippen LogP contribution in [0, 0.1) is 11.6 Å². The highest BCUT2D eigenvalue weighted by Gasteiger charge is 2.19. The van der Waals surface area contributed by atoms with E-state index >= 15 is 0 Å². The Labute approximate surface area is 80.1 Å². The van der Waals surface area contributed by atoms with Gasteiger partial charge in [0.2, 0.25) is 0 Å². The molecule has 0 aliphatic rings. The zero-order valence-electron chi connectivity index (χ0n) is 5.54. The third-order valence-corrected chi connectivity index (χ3v) is 2.33. The molecule has 0 amide bonds. The molecule has 66 valence electrons. The molecule has 0 aliphatic carbocycles. The molecular formula is C6H3BrClF2NO. The van der Waals surface area contributed by atoms with Crippen LogP contribution in [-0.2, 0) is 0 Å². The second-order valence-corrected chi connectivity index (χ2v) is 3.19. The number of halogens is 4. The highest BCUT2D eigenvalue weighted by Crippen LogP contribution is 2.39. The minimum Gasteiger partial charge on any atom is -0.504 e. The lowest BCUT2D eigenvalue weighted by molar-refractivity contribution is 0.459. The third-order valence-electron chi connectivity index (χ3n) is 1.28. The molecule has 0 aliphatic heterocycles. The standard InChI is InChI=1S/C6H3BrClF2NO/c7-1-3(9)2(8)4(10)5(11)6(1)12/h12H,11H2. The van der Waals surface area contributed by atoms with E-state index in [1.54, 1.807) is 0 Å². The second-order valence-electron chi connectivity index (χ2n) is 2.02. The molecule has 1 aromatic carbocycles. The maximum absolute atomic E-state index is 12.8. The first-order valence-corrected chi connectivity index (χ1v) is 3.94. The van der Waals surface area contributed by atoms with Crippen molar-refractivity contribution in [2.24, 2.45) is 0 Å². The van der Waals surface area contributed by atoms with Crippen molar-refractivity contribution in [1.82, 2.24) is 0 Å². The average molecular weight is 258 g/mol. The second kappa shape index (κ2) is 3.06. The number of nitrogen functional groups attached to an aromatic ring is 1. The summed E-state index contributed by atoms with van der Waals surface area (Å²) in [4.78, 5) is 0. The predicted octanol–water partition coefficient (Wildman–Crippen LogP) is 2.67. The van der Waals surface area contributed by atoms with Crippen LogP contribution in [0.4, 0.5) is 14.5 Å². The topological polar surface area (TPSA) is 46.2 Å². The summed E-state index contributed by atoms with van der Waals surface area (Å²) in [6.07, 6.45) is 0. The van der Waals surface area contributed by atoms with E-state index < -0.39 is 28.1 Å². The van der Waals surface area contributed by atoms with Gasteiger partial charge in [-0.3, -0.25) is 0 Å². The van der Waals surface area contributed by atoms with E-state index in [1.807, 2.05) is 0 Å². The normalized spacial score (nSPS) is 10.3. The van der Waals surface area contributed by atoms with Crippen molar-refractivity contribution in [1.29, 1.82) is 0 Å². The van der Waals surface area contributed by atoms with E-state index in [9.17, 15) is 8.78 Å². The van der Waals surface area contributed by atoms with Gasteiger partial charge in [0.25, 0.3) is 0 Å². The number of anilines is 1. The van der Waals surface area contributed by atoms with E-state index in [1.165, 1.54) is 0 Å². The molecular weight excluding hydrogens is 255 g/mol. The smallest absolute Gasteiger partial charge is 0.171 e. The predicted molar refractivity (Wildman–Crippen MR) is 45.1 cm³/mol. The number of hydrogen-bond acceptors (Lipinski definition) is 2. The lowest BCUT2D eigenvalue weighted by Crippen LogP contribution is -1.96. The molecule has 0 saturated heterocycles. The maximum Gasteiger partial charge on any atom is 0.171 e. The molecule has 0 saturated carbocycles. The first-order chi connectivity index (χ1) is 5.46. The van der Waals surface area contributed by atoms with Gasteiger partial charge in [-0.2, -0.15) is 0 Å². The van der Waals surface area contributed by atoms with Gasteiger partial charge in [0.1, 0.15) is 10.7 Å². The monoisotopic (exact) mass is 257 g/mol. The van der Waals surface area contributed by atoms with Gasteiger partial charge in [-0.05, 0) is 15.9 Å². The Bertz CT molecular complexity index is 240. The summed E-state index contributed by atoms with van der Waals surface area (Å²) in [6.45, 7) is 0. The van der Waals surface area contributed by atoms with Crippen LogP contribution in [0.25, 0.3) is 0 Å². The minimum atomic E-state index is -1.16. The maximum atomic E-state index is 12.8. The highest BCUT2D eigenvalue weighted by atomic mass is 79.9. The summed E-state index contributed by atoms with van der Waals surface area (Å²) in [6, 6.07) is 0. The summed E-state index contributed by atoms with van der Waals surface area (Å²) < 4.78 is 25.2. The molecule has 0 radical (unpaired) electrons. The van der Waals surface area contributed by atoms with Gasteiger partial charge in [-0.15, -0.1) is 0 Å². The zero-order chi connectivity index (χ0) is 9.46. The number of phenols is 1. The van der Waals surface area contributed by atoms with Crippen LogP contribution < -0.4 is 5.73 Å². The van der Waals surface area contributed by atoms with Gasteiger partial charge in [-0.1, -0.05) is 11.6 Å². The fraction of sp³-hybridized carbons (Fsp3) is 0. The minimum absolute atomic E-state index is 0.341. The van der Waals surface area contributed by atoms with Crippen LogP contribution in [0.15, 0.2) is 4.47 Å². The number of phenolic OH excluding ortho intramolecular Hbond substituents is 1. The third kappa shape index (κ3) is 1.23. The van der Waals surface area contributed by atoms with Gasteiger partial charge in [0.15, 0.2) is 17.4 Å². The Morgan fingerprint density at radius 1 is 1.33 bits per heavy atom. The van der Waals surface area contributed by atoms with Crippen LogP contribution in [0.3, 0.4) is 0 Å². The Morgan fingerprint density at radius 2 is 1.83 bits per heavy atom. The van der Waals surface area contributed by atoms with Crippen LogP contribution in [0.2, 0.25) is 5.02 Å². The number of benzene rings is 1. The number of aromatic hydroxyl groups is 1. The molecule has 12 heavy (non-hydrogen) atoms. The number of hydrogen-bond donors (Lipinski definition) is 2. The molecule has 0 spiro atoms. The molecule has 3 N–H and O–H groups in total. The molecule has 1 aromatic rings.